The first-order chi connectivity index (χ1) is 8.65. The summed E-state index contributed by atoms with van der Waals surface area (Å²) < 4.78 is 0. The minimum Gasteiger partial charge on any atom is -0.365 e. The fourth-order valence-corrected chi connectivity index (χ4v) is 1.71. The van der Waals surface area contributed by atoms with Crippen LogP contribution in [0.1, 0.15) is 36.6 Å². The summed E-state index contributed by atoms with van der Waals surface area (Å²) in [5.41, 5.74) is 3.55. The van der Waals surface area contributed by atoms with Crippen molar-refractivity contribution in [2.75, 3.05) is 5.32 Å². The van der Waals surface area contributed by atoms with Crippen molar-refractivity contribution in [3.63, 3.8) is 0 Å². The van der Waals surface area contributed by atoms with Gasteiger partial charge in [-0.2, -0.15) is 5.10 Å². The van der Waals surface area contributed by atoms with Crippen molar-refractivity contribution in [2.24, 2.45) is 0 Å². The molecule has 94 valence electrons. The standard InChI is InChI=1S/C15H19N3/c1-11(2)14-7-5-13(6-8-14)10-16-15-9-4-12(3)17-18-15/h4-9,11H,10H2,1-3H3,(H,16,18). The predicted octanol–water partition coefficient (Wildman–Crippen LogP) is 3.52. The van der Waals surface area contributed by atoms with Crippen LogP contribution in [0.15, 0.2) is 36.4 Å². The van der Waals surface area contributed by atoms with Crippen LogP contribution in [-0.2, 0) is 6.54 Å². The van der Waals surface area contributed by atoms with Gasteiger partial charge in [0.2, 0.25) is 0 Å². The molecule has 3 heteroatoms. The molecule has 0 spiro atoms. The Morgan fingerprint density at radius 2 is 1.72 bits per heavy atom. The van der Waals surface area contributed by atoms with Crippen molar-refractivity contribution < 1.29 is 0 Å². The van der Waals surface area contributed by atoms with E-state index in [1.54, 1.807) is 0 Å². The van der Waals surface area contributed by atoms with Gasteiger partial charge in [0.15, 0.2) is 0 Å². The average Bonchev–Trinajstić information content (AvgIpc) is 2.38. The summed E-state index contributed by atoms with van der Waals surface area (Å²) in [7, 11) is 0. The van der Waals surface area contributed by atoms with Crippen LogP contribution in [0.25, 0.3) is 0 Å². The summed E-state index contributed by atoms with van der Waals surface area (Å²) in [6.07, 6.45) is 0. The Balaban J connectivity index is 1.95. The monoisotopic (exact) mass is 241 g/mol. The van der Waals surface area contributed by atoms with Gasteiger partial charge in [-0.25, -0.2) is 0 Å². The molecule has 0 unspecified atom stereocenters. The van der Waals surface area contributed by atoms with E-state index in [4.69, 9.17) is 0 Å². The zero-order valence-electron chi connectivity index (χ0n) is 11.1. The molecule has 0 saturated heterocycles. The summed E-state index contributed by atoms with van der Waals surface area (Å²) in [5, 5.41) is 11.4. The normalized spacial score (nSPS) is 10.7. The number of aryl methyl sites for hydroxylation is 1. The van der Waals surface area contributed by atoms with E-state index in [1.165, 1.54) is 11.1 Å². The second-order valence-electron chi connectivity index (χ2n) is 4.81. The van der Waals surface area contributed by atoms with Crippen LogP contribution in [0.2, 0.25) is 0 Å². The number of hydrogen-bond donors (Lipinski definition) is 1. The molecule has 18 heavy (non-hydrogen) atoms. The maximum atomic E-state index is 4.08. The lowest BCUT2D eigenvalue weighted by atomic mass is 10.0. The number of aromatic nitrogens is 2. The highest BCUT2D eigenvalue weighted by atomic mass is 15.2. The largest absolute Gasteiger partial charge is 0.365 e. The van der Waals surface area contributed by atoms with E-state index in [0.29, 0.717) is 5.92 Å². The summed E-state index contributed by atoms with van der Waals surface area (Å²) in [5.74, 6) is 1.39. The van der Waals surface area contributed by atoms with Gasteiger partial charge < -0.3 is 5.32 Å². The van der Waals surface area contributed by atoms with E-state index >= 15 is 0 Å². The van der Waals surface area contributed by atoms with Gasteiger partial charge in [-0.3, -0.25) is 0 Å². The second kappa shape index (κ2) is 5.63. The minimum atomic E-state index is 0.579. The van der Waals surface area contributed by atoms with E-state index in [1.807, 2.05) is 19.1 Å². The van der Waals surface area contributed by atoms with Gasteiger partial charge in [0.1, 0.15) is 5.82 Å². The van der Waals surface area contributed by atoms with Gasteiger partial charge >= 0.3 is 0 Å². The maximum absolute atomic E-state index is 4.08. The van der Waals surface area contributed by atoms with Gasteiger partial charge in [0, 0.05) is 6.54 Å². The zero-order chi connectivity index (χ0) is 13.0. The number of anilines is 1. The van der Waals surface area contributed by atoms with Gasteiger partial charge in [-0.15, -0.1) is 5.10 Å². The lowest BCUT2D eigenvalue weighted by Crippen LogP contribution is -2.02. The molecule has 0 atom stereocenters. The molecule has 0 saturated carbocycles. The highest BCUT2D eigenvalue weighted by Gasteiger charge is 1.99. The van der Waals surface area contributed by atoms with Gasteiger partial charge in [0.25, 0.3) is 0 Å². The molecule has 1 N–H and O–H groups in total. The maximum Gasteiger partial charge on any atom is 0.148 e. The molecule has 0 bridgehead atoms. The molecule has 0 aliphatic heterocycles. The van der Waals surface area contributed by atoms with Crippen molar-refractivity contribution in [2.45, 2.75) is 33.2 Å². The molecule has 0 fully saturated rings. The molecule has 2 rings (SSSR count). The first-order valence-corrected chi connectivity index (χ1v) is 6.28. The topological polar surface area (TPSA) is 37.8 Å². The molecular formula is C15H19N3. The van der Waals surface area contributed by atoms with E-state index in [2.05, 4.69) is 53.6 Å². The van der Waals surface area contributed by atoms with Crippen molar-refractivity contribution in [3.05, 3.63) is 53.2 Å². The Labute approximate surface area is 108 Å². The average molecular weight is 241 g/mol. The number of nitrogens with zero attached hydrogens (tertiary/aromatic N) is 2. The number of rotatable bonds is 4. The molecule has 0 aliphatic carbocycles. The molecule has 1 heterocycles. The fraction of sp³-hybridized carbons (Fsp3) is 0.333. The van der Waals surface area contributed by atoms with E-state index in [9.17, 15) is 0 Å². The molecular weight excluding hydrogens is 222 g/mol. The third-order valence-corrected chi connectivity index (χ3v) is 2.92. The van der Waals surface area contributed by atoms with Crippen molar-refractivity contribution >= 4 is 5.82 Å². The zero-order valence-corrected chi connectivity index (χ0v) is 11.1. The third-order valence-electron chi connectivity index (χ3n) is 2.92. The predicted molar refractivity (Wildman–Crippen MR) is 74.6 cm³/mol. The molecule has 0 aliphatic rings. The first kappa shape index (κ1) is 12.6. The van der Waals surface area contributed by atoms with Crippen molar-refractivity contribution in [1.29, 1.82) is 0 Å². The molecule has 0 amide bonds. The number of hydrogen-bond acceptors (Lipinski definition) is 3. The summed E-state index contributed by atoms with van der Waals surface area (Å²) >= 11 is 0. The molecule has 1 aromatic carbocycles. The van der Waals surface area contributed by atoms with Gasteiger partial charge in [-0.05, 0) is 36.1 Å². The third kappa shape index (κ3) is 3.29. The van der Waals surface area contributed by atoms with E-state index in [0.717, 1.165) is 18.1 Å². The lowest BCUT2D eigenvalue weighted by molar-refractivity contribution is 0.865. The number of nitrogens with one attached hydrogen (secondary N) is 1. The van der Waals surface area contributed by atoms with Gasteiger partial charge in [-0.1, -0.05) is 38.1 Å². The quantitative estimate of drug-likeness (QED) is 0.890. The van der Waals surface area contributed by atoms with Crippen molar-refractivity contribution in [3.8, 4) is 0 Å². The summed E-state index contributed by atoms with van der Waals surface area (Å²) in [6, 6.07) is 12.6. The van der Waals surface area contributed by atoms with Crippen LogP contribution in [0.4, 0.5) is 5.82 Å². The van der Waals surface area contributed by atoms with E-state index in [-0.39, 0.29) is 0 Å². The van der Waals surface area contributed by atoms with E-state index < -0.39 is 0 Å². The van der Waals surface area contributed by atoms with Crippen LogP contribution < -0.4 is 5.32 Å². The summed E-state index contributed by atoms with van der Waals surface area (Å²) in [4.78, 5) is 0. The Morgan fingerprint density at radius 1 is 1.00 bits per heavy atom. The Hall–Kier alpha value is -1.90. The lowest BCUT2D eigenvalue weighted by Gasteiger charge is -2.08. The Kier molecular flexibility index (Phi) is 3.92. The van der Waals surface area contributed by atoms with Crippen LogP contribution in [-0.4, -0.2) is 10.2 Å². The summed E-state index contributed by atoms with van der Waals surface area (Å²) in [6.45, 7) is 7.11. The highest BCUT2D eigenvalue weighted by Crippen LogP contribution is 2.15. The second-order valence-corrected chi connectivity index (χ2v) is 4.81. The number of benzene rings is 1. The van der Waals surface area contributed by atoms with Crippen LogP contribution in [0.3, 0.4) is 0 Å². The molecule has 1 aromatic heterocycles. The van der Waals surface area contributed by atoms with Crippen LogP contribution >= 0.6 is 0 Å². The Bertz CT molecular complexity index is 486. The van der Waals surface area contributed by atoms with Crippen LogP contribution in [0.5, 0.6) is 0 Å². The fourth-order valence-electron chi connectivity index (χ4n) is 1.71. The molecule has 0 radical (unpaired) electrons. The minimum absolute atomic E-state index is 0.579. The van der Waals surface area contributed by atoms with Crippen LogP contribution in [0, 0.1) is 6.92 Å². The highest BCUT2D eigenvalue weighted by molar-refractivity contribution is 5.35. The first-order valence-electron chi connectivity index (χ1n) is 6.28. The smallest absolute Gasteiger partial charge is 0.148 e. The van der Waals surface area contributed by atoms with Crippen molar-refractivity contribution in [1.82, 2.24) is 10.2 Å². The molecule has 2 aromatic rings. The SMILES string of the molecule is Cc1ccc(NCc2ccc(C(C)C)cc2)nn1. The molecule has 3 nitrogen and oxygen atoms in total. The van der Waals surface area contributed by atoms with Gasteiger partial charge in [0.05, 0.1) is 5.69 Å². The Morgan fingerprint density at radius 3 is 2.28 bits per heavy atom.